The summed E-state index contributed by atoms with van der Waals surface area (Å²) >= 11 is 0. The van der Waals surface area contributed by atoms with E-state index in [0.717, 1.165) is 37.0 Å². The van der Waals surface area contributed by atoms with Crippen LogP contribution in [-0.4, -0.2) is 48.9 Å². The summed E-state index contributed by atoms with van der Waals surface area (Å²) in [4.78, 5) is 5.79. The number of aromatic nitrogens is 1. The van der Waals surface area contributed by atoms with E-state index in [-0.39, 0.29) is 11.9 Å². The van der Waals surface area contributed by atoms with E-state index >= 15 is 0 Å². The number of hydrogen-bond acceptors (Lipinski definition) is 3. The van der Waals surface area contributed by atoms with E-state index in [9.17, 15) is 4.39 Å². The standard InChI is InChI=1S/C16H19FN2O2/c17-11-1-2-15-13(7-11)14-9-19(4-3-16(14)18-15)8-12-10-20-5-6-21-12/h1-2,7,12,18H,3-6,8-10H2. The smallest absolute Gasteiger partial charge is 0.123 e. The van der Waals surface area contributed by atoms with Crippen molar-refractivity contribution in [3.8, 4) is 0 Å². The Hall–Kier alpha value is -1.43. The fraction of sp³-hybridized carbons (Fsp3) is 0.500. The molecule has 2 aliphatic rings. The second kappa shape index (κ2) is 5.40. The molecule has 0 amide bonds. The number of fused-ring (bicyclic) bond motifs is 3. The minimum Gasteiger partial charge on any atom is -0.376 e. The molecule has 4 nitrogen and oxygen atoms in total. The minimum atomic E-state index is -0.176. The van der Waals surface area contributed by atoms with Gasteiger partial charge in [-0.3, -0.25) is 4.90 Å². The molecule has 1 fully saturated rings. The van der Waals surface area contributed by atoms with Crippen LogP contribution >= 0.6 is 0 Å². The monoisotopic (exact) mass is 290 g/mol. The topological polar surface area (TPSA) is 37.5 Å². The normalized spacial score (nSPS) is 23.4. The quantitative estimate of drug-likeness (QED) is 0.920. The predicted molar refractivity (Wildman–Crippen MR) is 77.8 cm³/mol. The van der Waals surface area contributed by atoms with Gasteiger partial charge in [-0.1, -0.05) is 0 Å². The molecule has 1 saturated heterocycles. The summed E-state index contributed by atoms with van der Waals surface area (Å²) in [5.74, 6) is -0.176. The Labute approximate surface area is 122 Å². The summed E-state index contributed by atoms with van der Waals surface area (Å²) in [7, 11) is 0. The van der Waals surface area contributed by atoms with Crippen LogP contribution in [0.15, 0.2) is 18.2 Å². The van der Waals surface area contributed by atoms with Crippen molar-refractivity contribution in [3.63, 3.8) is 0 Å². The fourth-order valence-electron chi connectivity index (χ4n) is 3.33. The third kappa shape index (κ3) is 2.57. The highest BCUT2D eigenvalue weighted by molar-refractivity contribution is 5.84. The first kappa shape index (κ1) is 13.2. The largest absolute Gasteiger partial charge is 0.376 e. The van der Waals surface area contributed by atoms with Gasteiger partial charge in [-0.05, 0) is 23.8 Å². The highest BCUT2D eigenvalue weighted by Crippen LogP contribution is 2.28. The van der Waals surface area contributed by atoms with E-state index in [2.05, 4.69) is 9.88 Å². The lowest BCUT2D eigenvalue weighted by Crippen LogP contribution is -2.41. The summed E-state index contributed by atoms with van der Waals surface area (Å²) in [6.07, 6.45) is 1.13. The Morgan fingerprint density at radius 1 is 1.33 bits per heavy atom. The van der Waals surface area contributed by atoms with E-state index < -0.39 is 0 Å². The van der Waals surface area contributed by atoms with Crippen LogP contribution < -0.4 is 0 Å². The molecule has 0 radical (unpaired) electrons. The Bertz CT molecular complexity index is 649. The third-order valence-corrected chi connectivity index (χ3v) is 4.36. The second-order valence-electron chi connectivity index (χ2n) is 5.82. The van der Waals surface area contributed by atoms with Gasteiger partial charge in [0.15, 0.2) is 0 Å². The van der Waals surface area contributed by atoms with Gasteiger partial charge < -0.3 is 14.5 Å². The molecule has 1 unspecified atom stereocenters. The SMILES string of the molecule is Fc1ccc2[nH]c3c(c2c1)CN(CC1COCCO1)CC3. The number of benzene rings is 1. The van der Waals surface area contributed by atoms with Crippen LogP contribution in [0, 0.1) is 5.82 Å². The molecule has 0 aliphatic carbocycles. The first-order chi connectivity index (χ1) is 10.3. The van der Waals surface area contributed by atoms with Crippen molar-refractivity contribution in [2.75, 3.05) is 32.9 Å². The molecule has 2 aromatic rings. The van der Waals surface area contributed by atoms with Crippen molar-refractivity contribution in [2.24, 2.45) is 0 Å². The van der Waals surface area contributed by atoms with Gasteiger partial charge in [-0.2, -0.15) is 0 Å². The molecule has 3 heterocycles. The van der Waals surface area contributed by atoms with Gasteiger partial charge in [-0.25, -0.2) is 4.39 Å². The average molecular weight is 290 g/mol. The first-order valence-electron chi connectivity index (χ1n) is 7.50. The third-order valence-electron chi connectivity index (χ3n) is 4.36. The number of nitrogens with one attached hydrogen (secondary N) is 1. The Morgan fingerprint density at radius 3 is 3.14 bits per heavy atom. The molecule has 0 bridgehead atoms. The molecule has 0 spiro atoms. The fourth-order valence-corrected chi connectivity index (χ4v) is 3.33. The molecule has 1 aromatic heterocycles. The predicted octanol–water partition coefficient (Wildman–Crippen LogP) is 2.08. The van der Waals surface area contributed by atoms with Crippen molar-refractivity contribution in [1.82, 2.24) is 9.88 Å². The van der Waals surface area contributed by atoms with Crippen molar-refractivity contribution in [1.29, 1.82) is 0 Å². The molecule has 1 aromatic carbocycles. The minimum absolute atomic E-state index is 0.155. The van der Waals surface area contributed by atoms with Crippen molar-refractivity contribution in [3.05, 3.63) is 35.3 Å². The number of hydrogen-bond donors (Lipinski definition) is 1. The maximum absolute atomic E-state index is 13.5. The number of ether oxygens (including phenoxy) is 2. The number of halogens is 1. The molecule has 2 aliphatic heterocycles. The second-order valence-corrected chi connectivity index (χ2v) is 5.82. The average Bonchev–Trinajstić information content (AvgIpc) is 2.86. The molecular formula is C16H19FN2O2. The van der Waals surface area contributed by atoms with E-state index in [1.165, 1.54) is 17.3 Å². The summed E-state index contributed by atoms with van der Waals surface area (Å²) in [5, 5.41) is 1.01. The lowest BCUT2D eigenvalue weighted by molar-refractivity contribution is -0.0985. The zero-order valence-corrected chi connectivity index (χ0v) is 11.9. The van der Waals surface area contributed by atoms with Crippen LogP contribution in [0.1, 0.15) is 11.3 Å². The van der Waals surface area contributed by atoms with Gasteiger partial charge >= 0.3 is 0 Å². The Balaban J connectivity index is 1.55. The lowest BCUT2D eigenvalue weighted by Gasteiger charge is -2.32. The zero-order valence-electron chi connectivity index (χ0n) is 11.9. The van der Waals surface area contributed by atoms with Crippen LogP contribution in [0.4, 0.5) is 4.39 Å². The van der Waals surface area contributed by atoms with Gasteiger partial charge in [0.1, 0.15) is 5.82 Å². The van der Waals surface area contributed by atoms with Crippen LogP contribution in [0.2, 0.25) is 0 Å². The summed E-state index contributed by atoms with van der Waals surface area (Å²) in [5.41, 5.74) is 3.50. The van der Waals surface area contributed by atoms with E-state index in [1.807, 2.05) is 6.07 Å². The van der Waals surface area contributed by atoms with Gasteiger partial charge in [0.2, 0.25) is 0 Å². The van der Waals surface area contributed by atoms with E-state index in [1.54, 1.807) is 6.07 Å². The molecule has 21 heavy (non-hydrogen) atoms. The molecule has 4 rings (SSSR count). The molecule has 0 saturated carbocycles. The highest BCUT2D eigenvalue weighted by Gasteiger charge is 2.24. The van der Waals surface area contributed by atoms with Crippen molar-refractivity contribution in [2.45, 2.75) is 19.1 Å². The van der Waals surface area contributed by atoms with Gasteiger partial charge in [0.05, 0.1) is 25.9 Å². The van der Waals surface area contributed by atoms with Gasteiger partial charge in [0.25, 0.3) is 0 Å². The lowest BCUT2D eigenvalue weighted by atomic mass is 10.0. The maximum atomic E-state index is 13.5. The van der Waals surface area contributed by atoms with Crippen LogP contribution in [0.3, 0.4) is 0 Å². The van der Waals surface area contributed by atoms with E-state index in [4.69, 9.17) is 9.47 Å². The van der Waals surface area contributed by atoms with Crippen molar-refractivity contribution < 1.29 is 13.9 Å². The molecule has 1 N–H and O–H groups in total. The Kier molecular flexibility index (Phi) is 3.41. The van der Waals surface area contributed by atoms with Gasteiger partial charge in [-0.15, -0.1) is 0 Å². The van der Waals surface area contributed by atoms with Crippen LogP contribution in [0.5, 0.6) is 0 Å². The van der Waals surface area contributed by atoms with Gasteiger partial charge in [0, 0.05) is 42.7 Å². The Morgan fingerprint density at radius 2 is 2.29 bits per heavy atom. The number of H-pyrrole nitrogens is 1. The number of nitrogens with zero attached hydrogens (tertiary/aromatic N) is 1. The summed E-state index contributed by atoms with van der Waals surface area (Å²) < 4.78 is 24.7. The highest BCUT2D eigenvalue weighted by atomic mass is 19.1. The zero-order chi connectivity index (χ0) is 14.2. The van der Waals surface area contributed by atoms with Crippen LogP contribution in [0.25, 0.3) is 10.9 Å². The van der Waals surface area contributed by atoms with Crippen LogP contribution in [-0.2, 0) is 22.4 Å². The van der Waals surface area contributed by atoms with Crippen molar-refractivity contribution >= 4 is 10.9 Å². The number of aromatic amines is 1. The molecule has 1 atom stereocenters. The summed E-state index contributed by atoms with van der Waals surface area (Å²) in [6.45, 7) is 4.78. The molecule has 5 heteroatoms. The number of rotatable bonds is 2. The summed E-state index contributed by atoms with van der Waals surface area (Å²) in [6, 6.07) is 4.97. The first-order valence-corrected chi connectivity index (χ1v) is 7.50. The maximum Gasteiger partial charge on any atom is 0.123 e. The molecular weight excluding hydrogens is 271 g/mol. The van der Waals surface area contributed by atoms with E-state index in [0.29, 0.717) is 19.8 Å². The molecule has 112 valence electrons.